The van der Waals surface area contributed by atoms with Crippen molar-refractivity contribution in [3.8, 4) is 0 Å². The van der Waals surface area contributed by atoms with Gasteiger partial charge in [0.05, 0.1) is 10.8 Å². The Morgan fingerprint density at radius 2 is 1.00 bits per heavy atom. The Morgan fingerprint density at radius 1 is 0.490 bits per heavy atom. The standard InChI is InChI=1S/C41H25N2O2PS3/c44-38-30-18-8-11-21-35(30)48-40(42-38)32-23-27(37-25-26-13-7-10-20-34(26)47-37)24-33(41-43-39(45)31-19-9-12-22-36(31)49-41)46(32,28-14-3-1-4-15-28)29-16-5-2-6-17-29/h1-25H. The number of nitrogens with zero attached hydrogens (tertiary/aromatic N) is 2. The van der Waals surface area contributed by atoms with E-state index in [2.05, 4.69) is 91.0 Å². The summed E-state index contributed by atoms with van der Waals surface area (Å²) in [4.78, 5) is 38.3. The predicted molar refractivity (Wildman–Crippen MR) is 213 cm³/mol. The molecule has 0 aliphatic carbocycles. The maximum absolute atomic E-state index is 13.7. The first-order valence-corrected chi connectivity index (χ1v) is 19.9. The molecule has 0 amide bonds. The fraction of sp³-hybridized carbons (Fsp3) is 0. The van der Waals surface area contributed by atoms with Crippen LogP contribution in [0.2, 0.25) is 0 Å². The third-order valence-corrected chi connectivity index (χ3v) is 16.7. The molecule has 0 saturated heterocycles. The van der Waals surface area contributed by atoms with E-state index in [1.807, 2.05) is 60.7 Å². The van der Waals surface area contributed by atoms with E-state index in [0.717, 1.165) is 41.1 Å². The number of aromatic nitrogens is 2. The number of fused-ring (bicyclic) bond motifs is 3. The van der Waals surface area contributed by atoms with Crippen molar-refractivity contribution in [1.29, 1.82) is 0 Å². The lowest BCUT2D eigenvalue weighted by Gasteiger charge is -2.35. The van der Waals surface area contributed by atoms with Crippen molar-refractivity contribution in [2.45, 2.75) is 0 Å². The van der Waals surface area contributed by atoms with Crippen LogP contribution in [0, 0.1) is 0 Å². The number of benzene rings is 5. The van der Waals surface area contributed by atoms with Gasteiger partial charge < -0.3 is 0 Å². The van der Waals surface area contributed by atoms with Gasteiger partial charge >= 0.3 is 0 Å². The highest BCUT2D eigenvalue weighted by molar-refractivity contribution is 7.98. The Kier molecular flexibility index (Phi) is 7.44. The quantitative estimate of drug-likeness (QED) is 0.168. The molecule has 4 heterocycles. The van der Waals surface area contributed by atoms with Gasteiger partial charge in [-0.2, -0.15) is 9.97 Å². The highest BCUT2D eigenvalue weighted by atomic mass is 32.1. The van der Waals surface area contributed by atoms with E-state index in [9.17, 15) is 9.59 Å². The molecule has 234 valence electrons. The zero-order valence-electron chi connectivity index (χ0n) is 25.8. The van der Waals surface area contributed by atoms with Gasteiger partial charge in [-0.1, -0.05) is 103 Å². The van der Waals surface area contributed by atoms with Crippen molar-refractivity contribution in [2.75, 3.05) is 0 Å². The molecule has 0 radical (unpaired) electrons. The second kappa shape index (κ2) is 12.1. The SMILES string of the molecule is O=c1nc(C2=CC(c3cc4ccccc4s3)=CC(c3nc(=O)c4ccccc4s3)=P2(c2ccccc2)c2ccccc2)sc2ccccc12. The van der Waals surface area contributed by atoms with Crippen molar-refractivity contribution in [2.24, 2.45) is 0 Å². The van der Waals surface area contributed by atoms with Gasteiger partial charge in [-0.25, -0.2) is 0 Å². The monoisotopic (exact) mass is 704 g/mol. The van der Waals surface area contributed by atoms with Crippen molar-refractivity contribution in [1.82, 2.24) is 9.97 Å². The molecule has 0 saturated carbocycles. The second-order valence-corrected chi connectivity index (χ2v) is 18.1. The lowest BCUT2D eigenvalue weighted by atomic mass is 10.1. The largest absolute Gasteiger partial charge is 0.279 e. The number of hydrogen-bond acceptors (Lipinski definition) is 7. The summed E-state index contributed by atoms with van der Waals surface area (Å²) in [6.45, 7) is -2.82. The minimum Gasteiger partial charge on any atom is -0.267 e. The molecule has 8 heteroatoms. The summed E-state index contributed by atoms with van der Waals surface area (Å²) in [5, 5.41) is 7.85. The molecule has 0 N–H and O–H groups in total. The van der Waals surface area contributed by atoms with Crippen molar-refractivity contribution in [3.05, 3.63) is 187 Å². The molecule has 0 unspecified atom stereocenters. The van der Waals surface area contributed by atoms with E-state index in [0.29, 0.717) is 20.8 Å². The molecule has 8 aromatic rings. The zero-order chi connectivity index (χ0) is 33.0. The molecular formula is C41H25N2O2PS3. The number of rotatable bonds is 5. The Labute approximate surface area is 293 Å². The van der Waals surface area contributed by atoms with Crippen molar-refractivity contribution < 1.29 is 0 Å². The first-order chi connectivity index (χ1) is 24.1. The summed E-state index contributed by atoms with van der Waals surface area (Å²) in [6.07, 6.45) is 4.50. The molecule has 1 aliphatic heterocycles. The second-order valence-electron chi connectivity index (χ2n) is 11.6. The Balaban J connectivity index is 1.50. The summed E-state index contributed by atoms with van der Waals surface area (Å²) in [5.41, 5.74) is 0.493. The van der Waals surface area contributed by atoms with E-state index >= 15 is 0 Å². The van der Waals surface area contributed by atoms with Crippen LogP contribution in [0.5, 0.6) is 0 Å². The van der Waals surface area contributed by atoms with Crippen molar-refractivity contribution in [3.63, 3.8) is 0 Å². The molecule has 3 aromatic heterocycles. The molecule has 49 heavy (non-hydrogen) atoms. The smallest absolute Gasteiger partial charge is 0.267 e. The van der Waals surface area contributed by atoms with Crippen LogP contribution in [0.1, 0.15) is 14.9 Å². The lowest BCUT2D eigenvalue weighted by molar-refractivity contribution is 1.29. The van der Waals surface area contributed by atoms with Gasteiger partial charge in [0, 0.05) is 29.6 Å². The van der Waals surface area contributed by atoms with Gasteiger partial charge in [0.1, 0.15) is 10.0 Å². The minimum atomic E-state index is -2.82. The topological polar surface area (TPSA) is 59.9 Å². The van der Waals surface area contributed by atoms with Gasteiger partial charge in [-0.3, -0.25) is 9.59 Å². The molecule has 9 rings (SSSR count). The Bertz CT molecular complexity index is 2760. The summed E-state index contributed by atoms with van der Waals surface area (Å²) in [6, 6.07) is 46.9. The molecule has 5 aromatic carbocycles. The fourth-order valence-electron chi connectivity index (χ4n) is 6.59. The zero-order valence-corrected chi connectivity index (χ0v) is 29.2. The Hall–Kier alpha value is -5.04. The van der Waals surface area contributed by atoms with E-state index in [1.54, 1.807) is 11.3 Å². The van der Waals surface area contributed by atoms with E-state index < -0.39 is 6.89 Å². The number of thiophene rings is 1. The van der Waals surface area contributed by atoms with E-state index in [4.69, 9.17) is 9.97 Å². The summed E-state index contributed by atoms with van der Waals surface area (Å²) in [7, 11) is 0. The van der Waals surface area contributed by atoms with Crippen LogP contribution in [0.4, 0.5) is 0 Å². The minimum absolute atomic E-state index is 0.252. The van der Waals surface area contributed by atoms with Gasteiger partial charge in [0.2, 0.25) is 0 Å². The van der Waals surface area contributed by atoms with Crippen LogP contribution in [-0.2, 0) is 0 Å². The molecule has 0 spiro atoms. The Morgan fingerprint density at radius 3 is 1.61 bits per heavy atom. The highest BCUT2D eigenvalue weighted by Crippen LogP contribution is 2.63. The maximum Gasteiger partial charge on any atom is 0.279 e. The molecular weight excluding hydrogens is 680 g/mol. The first kappa shape index (κ1) is 30.1. The summed E-state index contributed by atoms with van der Waals surface area (Å²) >= 11 is 4.80. The summed E-state index contributed by atoms with van der Waals surface area (Å²) < 4.78 is 2.95. The van der Waals surface area contributed by atoms with Crippen LogP contribution in [0.25, 0.3) is 41.1 Å². The number of allylic oxidation sites excluding steroid dienone is 3. The van der Waals surface area contributed by atoms with Crippen LogP contribution < -0.4 is 21.7 Å². The van der Waals surface area contributed by atoms with Gasteiger partial charge in [0.25, 0.3) is 11.1 Å². The normalized spacial score (nSPS) is 14.2. The molecule has 4 nitrogen and oxygen atoms in total. The van der Waals surface area contributed by atoms with Gasteiger partial charge in [0.15, 0.2) is 0 Å². The predicted octanol–water partition coefficient (Wildman–Crippen LogP) is 9.17. The highest BCUT2D eigenvalue weighted by Gasteiger charge is 2.37. The van der Waals surface area contributed by atoms with Crippen LogP contribution in [0.3, 0.4) is 0 Å². The fourth-order valence-corrected chi connectivity index (χ4v) is 14.8. The third-order valence-electron chi connectivity index (χ3n) is 8.80. The molecule has 1 aliphatic rings. The van der Waals surface area contributed by atoms with Crippen LogP contribution >= 0.6 is 40.9 Å². The van der Waals surface area contributed by atoms with Gasteiger partial charge in [-0.15, -0.1) is 34.0 Å². The maximum atomic E-state index is 13.7. The van der Waals surface area contributed by atoms with E-state index in [1.165, 1.54) is 32.8 Å². The molecule has 0 fully saturated rings. The van der Waals surface area contributed by atoms with Crippen LogP contribution in [0.15, 0.2) is 161 Å². The van der Waals surface area contributed by atoms with E-state index in [-0.39, 0.29) is 11.1 Å². The average molecular weight is 705 g/mol. The lowest BCUT2D eigenvalue weighted by Crippen LogP contribution is -2.26. The summed E-state index contributed by atoms with van der Waals surface area (Å²) in [5.74, 6) is 0. The third kappa shape index (κ3) is 5.01. The van der Waals surface area contributed by atoms with Crippen molar-refractivity contribution >= 4 is 97.9 Å². The molecule has 0 bridgehead atoms. The van der Waals surface area contributed by atoms with Gasteiger partial charge in [-0.05, 0) is 77.0 Å². The van der Waals surface area contributed by atoms with Crippen LogP contribution in [-0.4, -0.2) is 15.3 Å². The average Bonchev–Trinajstić information content (AvgIpc) is 3.60. The number of hydrogen-bond donors (Lipinski definition) is 0. The first-order valence-electron chi connectivity index (χ1n) is 15.7. The molecule has 0 atom stereocenters.